The number of benzene rings is 3. The summed E-state index contributed by atoms with van der Waals surface area (Å²) in [5.41, 5.74) is 2.50. The van der Waals surface area contributed by atoms with E-state index in [1.54, 1.807) is 49.1 Å². The minimum absolute atomic E-state index is 0.0568. The lowest BCUT2D eigenvalue weighted by Crippen LogP contribution is -2.44. The van der Waals surface area contributed by atoms with Crippen molar-refractivity contribution < 1.29 is 13.9 Å². The number of carbonyl (C=O) groups is 1. The number of rotatable bonds is 5. The Morgan fingerprint density at radius 3 is 2.26 bits per heavy atom. The molecular formula is C28H26FN3O2S. The van der Waals surface area contributed by atoms with Gasteiger partial charge in [0.2, 0.25) is 0 Å². The zero-order valence-corrected chi connectivity index (χ0v) is 21.1. The lowest BCUT2D eigenvalue weighted by molar-refractivity contribution is -0.120. The second kappa shape index (κ2) is 9.12. The van der Waals surface area contributed by atoms with Crippen LogP contribution in [0, 0.1) is 19.3 Å². The maximum Gasteiger partial charge on any atom is 0.259 e. The van der Waals surface area contributed by atoms with Crippen molar-refractivity contribution in [2.75, 3.05) is 9.80 Å². The largest absolute Gasteiger partial charge is 0.491 e. The number of carbonyl (C=O) groups excluding carboxylic acids is 1. The molecule has 1 amide bonds. The minimum atomic E-state index is -1.02. The van der Waals surface area contributed by atoms with Crippen LogP contribution in [0.25, 0.3) is 16.0 Å². The molecule has 0 saturated carbocycles. The summed E-state index contributed by atoms with van der Waals surface area (Å²) in [7, 11) is 0. The number of anilines is 2. The van der Waals surface area contributed by atoms with Gasteiger partial charge < -0.3 is 9.64 Å². The normalized spacial score (nSPS) is 15.0. The lowest BCUT2D eigenvalue weighted by Gasteiger charge is -2.29. The Balaban J connectivity index is 1.67. The van der Waals surface area contributed by atoms with Gasteiger partial charge >= 0.3 is 0 Å². The van der Waals surface area contributed by atoms with E-state index in [4.69, 9.17) is 23.5 Å². The Morgan fingerprint density at radius 1 is 1.03 bits per heavy atom. The third-order valence-corrected chi connectivity index (χ3v) is 6.34. The lowest BCUT2D eigenvalue weighted by atomic mass is 10.0. The van der Waals surface area contributed by atoms with Gasteiger partial charge in [-0.2, -0.15) is 0 Å². The fourth-order valence-corrected chi connectivity index (χ4v) is 4.74. The molecule has 178 valence electrons. The SMILES string of the molecule is [C-]#[N+]c1ccc(N2C(=O)C(C)(C)N(c3ccc(-c4ccc(OC(C)C)cc4)c(F)c3)C2=S)cc1C. The van der Waals surface area contributed by atoms with E-state index < -0.39 is 11.4 Å². The van der Waals surface area contributed by atoms with Gasteiger partial charge in [-0.15, -0.1) is 0 Å². The quantitative estimate of drug-likeness (QED) is 0.285. The fraction of sp³-hybridized carbons (Fsp3) is 0.250. The van der Waals surface area contributed by atoms with Crippen molar-refractivity contribution in [2.24, 2.45) is 0 Å². The highest BCUT2D eigenvalue weighted by Crippen LogP contribution is 2.39. The molecule has 1 aliphatic heterocycles. The molecule has 0 spiro atoms. The van der Waals surface area contributed by atoms with Crippen LogP contribution in [0.5, 0.6) is 5.75 Å². The van der Waals surface area contributed by atoms with Crippen molar-refractivity contribution in [3.8, 4) is 16.9 Å². The third-order valence-electron chi connectivity index (χ3n) is 5.98. The summed E-state index contributed by atoms with van der Waals surface area (Å²) < 4.78 is 21.0. The Hall–Kier alpha value is -3.76. The average Bonchev–Trinajstić information content (AvgIpc) is 2.97. The molecule has 0 aromatic heterocycles. The molecule has 5 nitrogen and oxygen atoms in total. The van der Waals surface area contributed by atoms with E-state index in [0.717, 1.165) is 16.9 Å². The topological polar surface area (TPSA) is 37.1 Å². The first-order chi connectivity index (χ1) is 16.5. The van der Waals surface area contributed by atoms with Gasteiger partial charge in [0.05, 0.1) is 12.7 Å². The van der Waals surface area contributed by atoms with E-state index in [0.29, 0.717) is 22.6 Å². The molecule has 0 aliphatic carbocycles. The molecule has 0 bridgehead atoms. The van der Waals surface area contributed by atoms with E-state index >= 15 is 4.39 Å². The Labute approximate surface area is 210 Å². The van der Waals surface area contributed by atoms with Crippen LogP contribution in [0.4, 0.5) is 21.5 Å². The zero-order valence-electron chi connectivity index (χ0n) is 20.3. The molecule has 1 fully saturated rings. The highest BCUT2D eigenvalue weighted by Gasteiger charge is 2.50. The van der Waals surface area contributed by atoms with Gasteiger partial charge in [0.15, 0.2) is 10.8 Å². The summed E-state index contributed by atoms with van der Waals surface area (Å²) in [6.45, 7) is 16.5. The smallest absolute Gasteiger partial charge is 0.259 e. The van der Waals surface area contributed by atoms with Gasteiger partial charge in [0, 0.05) is 16.9 Å². The molecule has 1 aliphatic rings. The number of thiocarbonyl (C=S) groups is 1. The van der Waals surface area contributed by atoms with Crippen LogP contribution in [0.2, 0.25) is 0 Å². The predicted molar refractivity (Wildman–Crippen MR) is 142 cm³/mol. The Bertz CT molecular complexity index is 1360. The first kappa shape index (κ1) is 24.4. The molecule has 0 radical (unpaired) electrons. The molecular weight excluding hydrogens is 461 g/mol. The van der Waals surface area contributed by atoms with Crippen molar-refractivity contribution in [1.29, 1.82) is 0 Å². The van der Waals surface area contributed by atoms with Crippen LogP contribution in [-0.2, 0) is 4.79 Å². The molecule has 3 aromatic carbocycles. The van der Waals surface area contributed by atoms with E-state index in [1.165, 1.54) is 11.0 Å². The first-order valence-electron chi connectivity index (χ1n) is 11.3. The highest BCUT2D eigenvalue weighted by atomic mass is 32.1. The monoisotopic (exact) mass is 487 g/mol. The van der Waals surface area contributed by atoms with Crippen molar-refractivity contribution >= 4 is 40.3 Å². The fourth-order valence-electron chi connectivity index (χ4n) is 4.22. The summed E-state index contributed by atoms with van der Waals surface area (Å²) in [4.78, 5) is 20.0. The van der Waals surface area contributed by atoms with Crippen LogP contribution in [0.3, 0.4) is 0 Å². The summed E-state index contributed by atoms with van der Waals surface area (Å²) >= 11 is 5.71. The number of amides is 1. The van der Waals surface area contributed by atoms with Gasteiger partial charge in [-0.25, -0.2) is 9.24 Å². The number of hydrogen-bond donors (Lipinski definition) is 0. The number of halogens is 1. The van der Waals surface area contributed by atoms with E-state index in [2.05, 4.69) is 4.85 Å². The molecule has 1 saturated heterocycles. The molecule has 35 heavy (non-hydrogen) atoms. The standard InChI is InChI=1S/C28H26FN3O2S/c1-17(2)34-22-11-7-19(8-12-22)23-13-9-21(16-24(23)29)32-27(35)31(26(33)28(32,4)5)20-10-14-25(30-6)18(3)15-20/h7-17H,1-5H3. The average molecular weight is 488 g/mol. The van der Waals surface area contributed by atoms with Crippen molar-refractivity contribution in [1.82, 2.24) is 0 Å². The van der Waals surface area contributed by atoms with Gasteiger partial charge in [0.1, 0.15) is 17.1 Å². The van der Waals surface area contributed by atoms with Crippen LogP contribution in [-0.4, -0.2) is 22.7 Å². The van der Waals surface area contributed by atoms with Gasteiger partial charge in [-0.05, 0) is 100 Å². The zero-order chi connectivity index (χ0) is 25.5. The predicted octanol–water partition coefficient (Wildman–Crippen LogP) is 7.06. The Morgan fingerprint density at radius 2 is 1.69 bits per heavy atom. The van der Waals surface area contributed by atoms with E-state index in [9.17, 15) is 4.79 Å². The molecule has 0 atom stereocenters. The number of nitrogens with zero attached hydrogens (tertiary/aromatic N) is 3. The molecule has 3 aromatic rings. The van der Waals surface area contributed by atoms with Crippen molar-refractivity contribution in [3.05, 3.63) is 83.5 Å². The van der Waals surface area contributed by atoms with Crippen LogP contribution in [0.1, 0.15) is 33.3 Å². The number of hydrogen-bond acceptors (Lipinski definition) is 3. The second-order valence-corrected chi connectivity index (χ2v) is 9.62. The molecule has 0 N–H and O–H groups in total. The number of ether oxygens (including phenoxy) is 1. The summed E-state index contributed by atoms with van der Waals surface area (Å²) in [5, 5.41) is 0.261. The van der Waals surface area contributed by atoms with Crippen LogP contribution in [0.15, 0.2) is 60.7 Å². The number of aryl methyl sites for hydroxylation is 1. The minimum Gasteiger partial charge on any atom is -0.491 e. The maximum absolute atomic E-state index is 15.3. The van der Waals surface area contributed by atoms with E-state index in [1.807, 2.05) is 45.0 Å². The van der Waals surface area contributed by atoms with Gasteiger partial charge in [-0.3, -0.25) is 9.69 Å². The van der Waals surface area contributed by atoms with Gasteiger partial charge in [0.25, 0.3) is 5.91 Å². The summed E-state index contributed by atoms with van der Waals surface area (Å²) in [6, 6.07) is 17.3. The second-order valence-electron chi connectivity index (χ2n) is 9.26. The van der Waals surface area contributed by atoms with Crippen molar-refractivity contribution in [2.45, 2.75) is 46.3 Å². The molecule has 1 heterocycles. The maximum atomic E-state index is 15.3. The highest BCUT2D eigenvalue weighted by molar-refractivity contribution is 7.81. The summed E-state index contributed by atoms with van der Waals surface area (Å²) in [5.74, 6) is 0.0904. The molecule has 0 unspecified atom stereocenters. The molecule has 4 rings (SSSR count). The Kier molecular flexibility index (Phi) is 6.35. The van der Waals surface area contributed by atoms with E-state index in [-0.39, 0.29) is 17.1 Å². The van der Waals surface area contributed by atoms with Crippen LogP contribution >= 0.6 is 12.2 Å². The summed E-state index contributed by atoms with van der Waals surface area (Å²) in [6.07, 6.45) is 0.0568. The third kappa shape index (κ3) is 4.38. The first-order valence-corrected chi connectivity index (χ1v) is 11.7. The van der Waals surface area contributed by atoms with Crippen molar-refractivity contribution in [3.63, 3.8) is 0 Å². The molecule has 7 heteroatoms. The van der Waals surface area contributed by atoms with Crippen LogP contribution < -0.4 is 14.5 Å². The van der Waals surface area contributed by atoms with Gasteiger partial charge in [-0.1, -0.05) is 18.2 Å².